The van der Waals surface area contributed by atoms with Gasteiger partial charge in [0.1, 0.15) is 5.73 Å². The summed E-state index contributed by atoms with van der Waals surface area (Å²) >= 11 is 0. The van der Waals surface area contributed by atoms with E-state index in [9.17, 15) is 4.39 Å². The van der Waals surface area contributed by atoms with Crippen LogP contribution in [0.15, 0.2) is 48.5 Å². The SMILES string of the molecule is CC1(C)OB(C(F)=Cc2ccc(-n3cccn3)cc2)OC1(C)C. The van der Waals surface area contributed by atoms with E-state index in [2.05, 4.69) is 5.10 Å². The van der Waals surface area contributed by atoms with Crippen LogP contribution in [0.1, 0.15) is 33.3 Å². The molecule has 23 heavy (non-hydrogen) atoms. The van der Waals surface area contributed by atoms with Crippen molar-refractivity contribution in [3.05, 3.63) is 54.0 Å². The fraction of sp³-hybridized carbons (Fsp3) is 0.353. The molecular weight excluding hydrogens is 294 g/mol. The smallest absolute Gasteiger partial charge is 0.398 e. The summed E-state index contributed by atoms with van der Waals surface area (Å²) in [4.78, 5) is 0. The summed E-state index contributed by atoms with van der Waals surface area (Å²) in [6, 6.07) is 9.29. The molecule has 1 aromatic carbocycles. The van der Waals surface area contributed by atoms with Crippen molar-refractivity contribution in [2.75, 3.05) is 0 Å². The summed E-state index contributed by atoms with van der Waals surface area (Å²) in [6.45, 7) is 7.61. The molecule has 120 valence electrons. The van der Waals surface area contributed by atoms with Gasteiger partial charge in [-0.25, -0.2) is 9.07 Å². The highest BCUT2D eigenvalue weighted by Crippen LogP contribution is 2.39. The summed E-state index contributed by atoms with van der Waals surface area (Å²) in [6.07, 6.45) is 5.01. The lowest BCUT2D eigenvalue weighted by atomic mass is 9.87. The molecule has 0 aliphatic carbocycles. The third-order valence-corrected chi connectivity index (χ3v) is 4.45. The quantitative estimate of drug-likeness (QED) is 0.808. The molecular formula is C17H20BFN2O2. The van der Waals surface area contributed by atoms with E-state index in [1.807, 2.05) is 64.2 Å². The van der Waals surface area contributed by atoms with Gasteiger partial charge in [0.2, 0.25) is 0 Å². The van der Waals surface area contributed by atoms with E-state index in [0.29, 0.717) is 0 Å². The molecule has 1 aliphatic heterocycles. The van der Waals surface area contributed by atoms with Gasteiger partial charge in [-0.1, -0.05) is 12.1 Å². The average Bonchev–Trinajstić information content (AvgIpc) is 3.07. The Morgan fingerprint density at radius 1 is 1.13 bits per heavy atom. The third-order valence-electron chi connectivity index (χ3n) is 4.45. The second-order valence-electron chi connectivity index (χ2n) is 6.66. The first-order valence-corrected chi connectivity index (χ1v) is 7.61. The molecule has 4 nitrogen and oxygen atoms in total. The van der Waals surface area contributed by atoms with Crippen molar-refractivity contribution in [2.45, 2.75) is 38.9 Å². The number of halogens is 1. The maximum absolute atomic E-state index is 14.4. The molecule has 0 N–H and O–H groups in total. The fourth-order valence-electron chi connectivity index (χ4n) is 2.33. The van der Waals surface area contributed by atoms with Gasteiger partial charge in [0.05, 0.1) is 16.9 Å². The molecule has 0 amide bonds. The topological polar surface area (TPSA) is 36.3 Å². The Morgan fingerprint density at radius 2 is 1.74 bits per heavy atom. The van der Waals surface area contributed by atoms with Crippen LogP contribution >= 0.6 is 0 Å². The third kappa shape index (κ3) is 3.09. The molecule has 0 radical (unpaired) electrons. The summed E-state index contributed by atoms with van der Waals surface area (Å²) < 4.78 is 27.6. The minimum absolute atomic E-state index is 0.435. The molecule has 1 saturated heterocycles. The van der Waals surface area contributed by atoms with Gasteiger partial charge in [0.25, 0.3) is 0 Å². The second kappa shape index (κ2) is 5.62. The predicted molar refractivity (Wildman–Crippen MR) is 88.7 cm³/mol. The molecule has 0 bridgehead atoms. The zero-order valence-corrected chi connectivity index (χ0v) is 13.8. The van der Waals surface area contributed by atoms with Crippen LogP contribution in [-0.4, -0.2) is 28.1 Å². The Hall–Kier alpha value is -1.92. The zero-order chi connectivity index (χ0) is 16.7. The van der Waals surface area contributed by atoms with Crippen LogP contribution in [0.4, 0.5) is 4.39 Å². The lowest BCUT2D eigenvalue weighted by Crippen LogP contribution is -2.41. The monoisotopic (exact) mass is 314 g/mol. The molecule has 2 heterocycles. The maximum Gasteiger partial charge on any atom is 0.525 e. The van der Waals surface area contributed by atoms with Crippen LogP contribution in [0.3, 0.4) is 0 Å². The van der Waals surface area contributed by atoms with E-state index in [4.69, 9.17) is 9.31 Å². The van der Waals surface area contributed by atoms with Crippen LogP contribution in [0.25, 0.3) is 11.8 Å². The number of hydrogen-bond acceptors (Lipinski definition) is 3. The molecule has 2 aromatic rings. The maximum atomic E-state index is 14.4. The number of aromatic nitrogens is 2. The molecule has 0 spiro atoms. The number of hydrogen-bond donors (Lipinski definition) is 0. The van der Waals surface area contributed by atoms with Crippen LogP contribution in [0.5, 0.6) is 0 Å². The van der Waals surface area contributed by atoms with Gasteiger partial charge in [0.15, 0.2) is 0 Å². The largest absolute Gasteiger partial charge is 0.525 e. The summed E-state index contributed by atoms with van der Waals surface area (Å²) in [5.41, 5.74) is 0.131. The molecule has 1 aliphatic rings. The zero-order valence-electron chi connectivity index (χ0n) is 13.8. The molecule has 0 saturated carbocycles. The van der Waals surface area contributed by atoms with Crippen molar-refractivity contribution in [3.63, 3.8) is 0 Å². The Labute approximate surface area is 136 Å². The van der Waals surface area contributed by atoms with Crippen molar-refractivity contribution >= 4 is 13.2 Å². The van der Waals surface area contributed by atoms with Gasteiger partial charge in [-0.05, 0) is 57.5 Å². The molecule has 0 atom stereocenters. The fourth-order valence-corrected chi connectivity index (χ4v) is 2.33. The Kier molecular flexibility index (Phi) is 3.90. The standard InChI is InChI=1S/C17H20BFN2O2/c1-16(2)17(3,4)23-18(22-16)15(19)12-13-6-8-14(9-7-13)21-11-5-10-20-21/h5-12H,1-4H3. The normalized spacial score (nSPS) is 20.0. The van der Waals surface area contributed by atoms with Crippen LogP contribution < -0.4 is 0 Å². The van der Waals surface area contributed by atoms with E-state index in [-0.39, 0.29) is 0 Å². The highest BCUT2D eigenvalue weighted by molar-refractivity contribution is 6.54. The van der Waals surface area contributed by atoms with Crippen LogP contribution in [0, 0.1) is 0 Å². The van der Waals surface area contributed by atoms with Crippen molar-refractivity contribution in [3.8, 4) is 5.69 Å². The van der Waals surface area contributed by atoms with Gasteiger partial charge in [0, 0.05) is 12.4 Å². The highest BCUT2D eigenvalue weighted by atomic mass is 19.1. The molecule has 1 aromatic heterocycles. The van der Waals surface area contributed by atoms with Gasteiger partial charge >= 0.3 is 7.12 Å². The van der Waals surface area contributed by atoms with Gasteiger partial charge < -0.3 is 9.31 Å². The molecule has 3 rings (SSSR count). The molecule has 1 fully saturated rings. The Morgan fingerprint density at radius 3 is 2.26 bits per heavy atom. The summed E-state index contributed by atoms with van der Waals surface area (Å²) in [7, 11) is -0.967. The first-order chi connectivity index (χ1) is 10.8. The lowest BCUT2D eigenvalue weighted by Gasteiger charge is -2.32. The Bertz CT molecular complexity index is 693. The minimum Gasteiger partial charge on any atom is -0.398 e. The van der Waals surface area contributed by atoms with Crippen LogP contribution in [-0.2, 0) is 9.31 Å². The van der Waals surface area contributed by atoms with Crippen LogP contribution in [0.2, 0.25) is 0 Å². The van der Waals surface area contributed by atoms with Crippen molar-refractivity contribution in [1.82, 2.24) is 9.78 Å². The molecule has 0 unspecified atom stereocenters. The summed E-state index contributed by atoms with van der Waals surface area (Å²) in [5, 5.41) is 4.16. The van der Waals surface area contributed by atoms with Crippen molar-refractivity contribution < 1.29 is 13.7 Å². The minimum atomic E-state index is -0.967. The predicted octanol–water partition coefficient (Wildman–Crippen LogP) is 3.81. The number of nitrogens with zero attached hydrogens (tertiary/aromatic N) is 2. The van der Waals surface area contributed by atoms with E-state index in [1.165, 1.54) is 6.08 Å². The first-order valence-electron chi connectivity index (χ1n) is 7.61. The number of rotatable bonds is 3. The summed E-state index contributed by atoms with van der Waals surface area (Å²) in [5.74, 6) is 0. The highest BCUT2D eigenvalue weighted by Gasteiger charge is 2.53. The lowest BCUT2D eigenvalue weighted by molar-refractivity contribution is 0.00578. The molecule has 6 heteroatoms. The van der Waals surface area contributed by atoms with Gasteiger partial charge in [-0.15, -0.1) is 0 Å². The van der Waals surface area contributed by atoms with E-state index >= 15 is 0 Å². The van der Waals surface area contributed by atoms with Crippen molar-refractivity contribution in [1.29, 1.82) is 0 Å². The van der Waals surface area contributed by atoms with Crippen molar-refractivity contribution in [2.24, 2.45) is 0 Å². The van der Waals surface area contributed by atoms with Gasteiger partial charge in [-0.2, -0.15) is 5.10 Å². The van der Waals surface area contributed by atoms with E-state index < -0.39 is 24.0 Å². The van der Waals surface area contributed by atoms with E-state index in [0.717, 1.165) is 11.3 Å². The Balaban J connectivity index is 1.77. The second-order valence-corrected chi connectivity index (χ2v) is 6.66. The van der Waals surface area contributed by atoms with E-state index in [1.54, 1.807) is 10.9 Å². The number of benzene rings is 1. The average molecular weight is 314 g/mol. The van der Waals surface area contributed by atoms with Gasteiger partial charge in [-0.3, -0.25) is 0 Å². The first kappa shape index (κ1) is 16.0.